The van der Waals surface area contributed by atoms with E-state index in [1.807, 2.05) is 0 Å². The van der Waals surface area contributed by atoms with Gasteiger partial charge in [-0.3, -0.25) is 0 Å². The summed E-state index contributed by atoms with van der Waals surface area (Å²) in [7, 11) is -9.76. The summed E-state index contributed by atoms with van der Waals surface area (Å²) < 4.78 is 26.4. The fourth-order valence-electron chi connectivity index (χ4n) is 0.144. The second-order valence-corrected chi connectivity index (χ2v) is 4.57. The Bertz CT molecular complexity index is 266. The van der Waals surface area contributed by atoms with Gasteiger partial charge in [-0.05, 0) is 0 Å². The number of hydrogen-bond acceptors (Lipinski definition) is 5. The van der Waals surface area contributed by atoms with Crippen LogP contribution < -0.4 is 0 Å². The molecule has 0 aromatic heterocycles. The molecule has 0 aliphatic rings. The number of nitriles is 1. The Morgan fingerprint density at radius 2 is 1.62 bits per heavy atom. The summed E-state index contributed by atoms with van der Waals surface area (Å²) >= 11 is 7.53. The monoisotopic (exact) mass is 329 g/mol. The van der Waals surface area contributed by atoms with Gasteiger partial charge in [-0.15, -0.1) is 0 Å². The molecule has 0 amide bonds. The van der Waals surface area contributed by atoms with Crippen LogP contribution in [0.15, 0.2) is 0 Å². The first-order valence-electron chi connectivity index (χ1n) is 2.01. The first-order valence-corrected chi connectivity index (χ1v) is 5.89. The summed E-state index contributed by atoms with van der Waals surface area (Å²) in [5.74, 6) is 0. The average Bonchev–Trinajstić information content (AvgIpc) is 1.84. The third-order valence-electron chi connectivity index (χ3n) is 0.279. The molecule has 12 heteroatoms. The van der Waals surface area contributed by atoms with E-state index in [4.69, 9.17) is 19.9 Å². The number of hydrogen-bond donors (Lipinski definition) is 3. The van der Waals surface area contributed by atoms with E-state index in [1.54, 1.807) is 0 Å². The van der Waals surface area contributed by atoms with Crippen molar-refractivity contribution in [2.75, 3.05) is 0 Å². The predicted octanol–water partition coefficient (Wildman–Crippen LogP) is -0.311. The van der Waals surface area contributed by atoms with E-state index in [-0.39, 0.29) is 0 Å². The molecule has 3 N–H and O–H groups in total. The van der Waals surface area contributed by atoms with Crippen molar-refractivity contribution >= 4 is 15.6 Å². The van der Waals surface area contributed by atoms with Gasteiger partial charge in [0, 0.05) is 0 Å². The predicted molar refractivity (Wildman–Crippen MR) is 29.7 cm³/mol. The van der Waals surface area contributed by atoms with Crippen LogP contribution in [-0.4, -0.2) is 14.7 Å². The molecule has 0 radical (unpaired) electrons. The third-order valence-corrected chi connectivity index (χ3v) is 2.75. The van der Waals surface area contributed by atoms with E-state index in [9.17, 15) is 9.13 Å². The van der Waals surface area contributed by atoms with Gasteiger partial charge in [-0.1, -0.05) is 0 Å². The number of rotatable bonds is 3. The van der Waals surface area contributed by atoms with E-state index in [2.05, 4.69) is 40.3 Å². The normalized spacial score (nSPS) is 14.9. The van der Waals surface area contributed by atoms with Gasteiger partial charge in [-0.2, -0.15) is 0 Å². The van der Waals surface area contributed by atoms with Crippen LogP contribution in [0.2, 0.25) is 0 Å². The van der Waals surface area contributed by atoms with E-state index in [0.29, 0.717) is 0 Å². The van der Waals surface area contributed by atoms with E-state index < -0.39 is 15.6 Å². The second kappa shape index (κ2) is 7.13. The van der Waals surface area contributed by atoms with E-state index in [1.165, 1.54) is 4.97 Å². The minimum absolute atomic E-state index is 1.31. The van der Waals surface area contributed by atoms with Gasteiger partial charge in [0.05, 0.1) is 0 Å². The Hall–Kier alpha value is 0.789. The Morgan fingerprint density at radius 3 is 1.69 bits per heavy atom. The van der Waals surface area contributed by atoms with E-state index >= 15 is 0 Å². The van der Waals surface area contributed by atoms with Crippen molar-refractivity contribution in [1.29, 1.82) is 5.26 Å². The SMILES string of the molecule is N#[C][Cu].O=P(O)(O)OP(=O)(O)[O][Cu]. The summed E-state index contributed by atoms with van der Waals surface area (Å²) in [4.78, 5) is 25.3. The molecule has 0 aromatic carbocycles. The van der Waals surface area contributed by atoms with Gasteiger partial charge in [0.2, 0.25) is 0 Å². The van der Waals surface area contributed by atoms with Crippen molar-refractivity contribution < 1.29 is 64.1 Å². The van der Waals surface area contributed by atoms with Gasteiger partial charge in [0.25, 0.3) is 0 Å². The zero-order valence-electron chi connectivity index (χ0n) is 5.42. The molecule has 1 atom stereocenters. The molecule has 0 rings (SSSR count). The van der Waals surface area contributed by atoms with Crippen molar-refractivity contribution in [2.45, 2.75) is 0 Å². The standard InChI is InChI=1S/CN.2Cu.H4O7P2/c1-2;;;1-8(2,3)7-9(4,5)6/h;;;(H2,1,2,3)(H2,4,5,6)/q;;+1;/p-1. The molecule has 0 aliphatic heterocycles. The van der Waals surface area contributed by atoms with Crippen molar-refractivity contribution in [3.8, 4) is 4.97 Å². The minimum atomic E-state index is -5.01. The van der Waals surface area contributed by atoms with Gasteiger partial charge >= 0.3 is 90.0 Å². The van der Waals surface area contributed by atoms with Gasteiger partial charge < -0.3 is 0 Å². The number of nitrogens with zero attached hydrogens (tertiary/aromatic N) is 1. The zero-order chi connectivity index (χ0) is 11.1. The van der Waals surface area contributed by atoms with Gasteiger partial charge in [0.15, 0.2) is 0 Å². The molecule has 0 aliphatic carbocycles. The van der Waals surface area contributed by atoms with Crippen molar-refractivity contribution in [2.24, 2.45) is 0 Å². The van der Waals surface area contributed by atoms with Crippen molar-refractivity contribution in [3.63, 3.8) is 0 Å². The summed E-state index contributed by atoms with van der Waals surface area (Å²) in [6, 6.07) is 0. The third kappa shape index (κ3) is 15.5. The summed E-state index contributed by atoms with van der Waals surface area (Å²) in [5, 5.41) is 7.12. The van der Waals surface area contributed by atoms with Crippen LogP contribution in [0.4, 0.5) is 0 Å². The molecule has 8 nitrogen and oxygen atoms in total. The fourth-order valence-corrected chi connectivity index (χ4v) is 1.58. The van der Waals surface area contributed by atoms with Crippen LogP contribution in [0.3, 0.4) is 0 Å². The molecule has 0 spiro atoms. The molecule has 0 fully saturated rings. The van der Waals surface area contributed by atoms with Gasteiger partial charge in [0.1, 0.15) is 0 Å². The molecule has 0 heterocycles. The van der Waals surface area contributed by atoms with Crippen LogP contribution in [0.25, 0.3) is 0 Å². The Kier molecular flexibility index (Phi) is 8.90. The Morgan fingerprint density at radius 1 is 1.31 bits per heavy atom. The maximum atomic E-state index is 10.1. The Labute approximate surface area is 90.0 Å². The molecular weight excluding hydrogens is 327 g/mol. The molecule has 0 saturated heterocycles. The quantitative estimate of drug-likeness (QED) is 0.473. The van der Waals surface area contributed by atoms with Crippen LogP contribution >= 0.6 is 15.6 Å². The summed E-state index contributed by atoms with van der Waals surface area (Å²) in [5.41, 5.74) is 0. The van der Waals surface area contributed by atoms with Crippen LogP contribution in [-0.2, 0) is 49.4 Å². The molecule has 0 aromatic rings. The topological polar surface area (TPSA) is 137 Å². The summed E-state index contributed by atoms with van der Waals surface area (Å²) in [6.45, 7) is 0. The zero-order valence-corrected chi connectivity index (χ0v) is 9.09. The molecule has 86 valence electrons. The second-order valence-electron chi connectivity index (χ2n) is 1.16. The van der Waals surface area contributed by atoms with Crippen LogP contribution in [0.1, 0.15) is 0 Å². The van der Waals surface area contributed by atoms with Gasteiger partial charge in [-0.25, -0.2) is 0 Å². The van der Waals surface area contributed by atoms with Crippen LogP contribution in [0.5, 0.6) is 0 Å². The maximum absolute atomic E-state index is 10.1. The Balaban J connectivity index is 0. The average molecular weight is 330 g/mol. The van der Waals surface area contributed by atoms with Crippen molar-refractivity contribution in [1.82, 2.24) is 0 Å². The molecule has 1 unspecified atom stereocenters. The molecule has 0 bridgehead atoms. The van der Waals surface area contributed by atoms with Crippen LogP contribution in [0, 0.1) is 10.2 Å². The van der Waals surface area contributed by atoms with Crippen molar-refractivity contribution in [3.05, 3.63) is 0 Å². The van der Waals surface area contributed by atoms with E-state index in [0.717, 1.165) is 0 Å². The first kappa shape index (κ1) is 16.2. The first-order chi connectivity index (χ1) is 5.68. The number of phosphoric acid groups is 2. The molecular formula is CH3Cu2NO7P2. The fraction of sp³-hybridized carbons (Fsp3) is 0. The molecule has 13 heavy (non-hydrogen) atoms. The summed E-state index contributed by atoms with van der Waals surface area (Å²) in [6.07, 6.45) is 0. The molecule has 0 saturated carbocycles.